The van der Waals surface area contributed by atoms with Crippen molar-refractivity contribution in [3.8, 4) is 0 Å². The highest BCUT2D eigenvalue weighted by Gasteiger charge is 2.41. The Morgan fingerprint density at radius 1 is 1.12 bits per heavy atom. The van der Waals surface area contributed by atoms with Gasteiger partial charge in [-0.05, 0) is 18.1 Å². The van der Waals surface area contributed by atoms with Gasteiger partial charge in [-0.25, -0.2) is 0 Å². The van der Waals surface area contributed by atoms with E-state index in [4.69, 9.17) is 5.73 Å². The second-order valence-electron chi connectivity index (χ2n) is 3.61. The lowest BCUT2D eigenvalue weighted by molar-refractivity contribution is -0.215. The van der Waals surface area contributed by atoms with Crippen molar-refractivity contribution >= 4 is 0 Å². The van der Waals surface area contributed by atoms with E-state index in [1.54, 1.807) is 19.1 Å². The van der Waals surface area contributed by atoms with Crippen molar-refractivity contribution in [2.24, 2.45) is 5.73 Å². The van der Waals surface area contributed by atoms with E-state index in [1.807, 2.05) is 0 Å². The molecule has 0 radical (unpaired) electrons. The summed E-state index contributed by atoms with van der Waals surface area (Å²) in [4.78, 5) is 0. The van der Waals surface area contributed by atoms with Crippen LogP contribution >= 0.6 is 0 Å². The summed E-state index contributed by atoms with van der Waals surface area (Å²) in [6.07, 6.45) is -6.28. The summed E-state index contributed by atoms with van der Waals surface area (Å²) in [6.45, 7) is 1.77. The van der Waals surface area contributed by atoms with Gasteiger partial charge in [0, 0.05) is 13.2 Å². The lowest BCUT2D eigenvalue weighted by atomic mass is 10.0. The maximum Gasteiger partial charge on any atom is 0.418 e. The molecule has 1 aromatic carbocycles. The molecule has 16 heavy (non-hydrogen) atoms. The molecule has 2 nitrogen and oxygen atoms in total. The van der Waals surface area contributed by atoms with Crippen LogP contribution in [0.4, 0.5) is 13.2 Å². The van der Waals surface area contributed by atoms with Gasteiger partial charge >= 0.3 is 6.18 Å². The van der Waals surface area contributed by atoms with Gasteiger partial charge in [0.2, 0.25) is 0 Å². The van der Waals surface area contributed by atoms with Gasteiger partial charge in [0.25, 0.3) is 0 Å². The third kappa shape index (κ3) is 2.96. The molecule has 0 saturated heterocycles. The van der Waals surface area contributed by atoms with E-state index in [-0.39, 0.29) is 11.6 Å². The van der Waals surface area contributed by atoms with Crippen LogP contribution < -0.4 is 5.73 Å². The fraction of sp³-hybridized carbons (Fsp3) is 0.455. The van der Waals surface area contributed by atoms with Gasteiger partial charge in [-0.1, -0.05) is 24.3 Å². The SMILES string of the molecule is COC(c1ccc(C(C)N)cc1)C(F)(F)F. The Kier molecular flexibility index (Phi) is 3.93. The van der Waals surface area contributed by atoms with Gasteiger partial charge in [0.1, 0.15) is 0 Å². The summed E-state index contributed by atoms with van der Waals surface area (Å²) >= 11 is 0. The van der Waals surface area contributed by atoms with Crippen LogP contribution in [-0.2, 0) is 4.74 Å². The molecule has 0 aliphatic heterocycles. The Morgan fingerprint density at radius 3 is 1.88 bits per heavy atom. The molecule has 1 aromatic rings. The molecular weight excluding hydrogens is 219 g/mol. The van der Waals surface area contributed by atoms with E-state index in [0.717, 1.165) is 12.7 Å². The quantitative estimate of drug-likeness (QED) is 0.871. The van der Waals surface area contributed by atoms with Gasteiger partial charge < -0.3 is 10.5 Å². The van der Waals surface area contributed by atoms with E-state index >= 15 is 0 Å². The predicted molar refractivity (Wildman–Crippen MR) is 54.8 cm³/mol. The Labute approximate surface area is 92.2 Å². The third-order valence-corrected chi connectivity index (χ3v) is 2.30. The molecular formula is C11H14F3NO. The number of hydrogen-bond donors (Lipinski definition) is 1. The molecule has 0 aliphatic rings. The van der Waals surface area contributed by atoms with Crippen molar-refractivity contribution in [1.29, 1.82) is 0 Å². The van der Waals surface area contributed by atoms with Gasteiger partial charge in [0.05, 0.1) is 0 Å². The van der Waals surface area contributed by atoms with Crippen LogP contribution in [0.5, 0.6) is 0 Å². The first-order valence-electron chi connectivity index (χ1n) is 4.81. The van der Waals surface area contributed by atoms with Crippen molar-refractivity contribution in [1.82, 2.24) is 0 Å². The van der Waals surface area contributed by atoms with Crippen molar-refractivity contribution in [2.75, 3.05) is 7.11 Å². The van der Waals surface area contributed by atoms with Crippen LogP contribution in [0, 0.1) is 0 Å². The van der Waals surface area contributed by atoms with E-state index < -0.39 is 12.3 Å². The first-order valence-corrected chi connectivity index (χ1v) is 4.81. The normalized spacial score (nSPS) is 15.9. The van der Waals surface area contributed by atoms with Crippen LogP contribution in [0.25, 0.3) is 0 Å². The molecule has 2 unspecified atom stereocenters. The van der Waals surface area contributed by atoms with E-state index in [9.17, 15) is 13.2 Å². The molecule has 0 amide bonds. The maximum atomic E-state index is 12.5. The van der Waals surface area contributed by atoms with Crippen molar-refractivity contribution in [2.45, 2.75) is 25.2 Å². The zero-order valence-corrected chi connectivity index (χ0v) is 9.08. The first kappa shape index (κ1) is 13.0. The lowest BCUT2D eigenvalue weighted by Crippen LogP contribution is -2.22. The molecule has 0 spiro atoms. The Hall–Kier alpha value is -1.07. The zero-order valence-electron chi connectivity index (χ0n) is 9.08. The van der Waals surface area contributed by atoms with Crippen LogP contribution in [0.1, 0.15) is 30.2 Å². The van der Waals surface area contributed by atoms with Crippen LogP contribution in [0.15, 0.2) is 24.3 Å². The zero-order chi connectivity index (χ0) is 12.3. The lowest BCUT2D eigenvalue weighted by Gasteiger charge is -2.19. The Bertz CT molecular complexity index is 332. The Morgan fingerprint density at radius 2 is 1.56 bits per heavy atom. The maximum absolute atomic E-state index is 12.5. The average Bonchev–Trinajstić information content (AvgIpc) is 2.17. The summed E-state index contributed by atoms with van der Waals surface area (Å²) in [5.74, 6) is 0. The number of halogens is 3. The summed E-state index contributed by atoms with van der Waals surface area (Å²) < 4.78 is 42.0. The summed E-state index contributed by atoms with van der Waals surface area (Å²) in [6, 6.07) is 5.75. The summed E-state index contributed by atoms with van der Waals surface area (Å²) in [5, 5.41) is 0. The summed E-state index contributed by atoms with van der Waals surface area (Å²) in [5.41, 5.74) is 6.48. The van der Waals surface area contributed by atoms with Crippen molar-refractivity contribution in [3.63, 3.8) is 0 Å². The van der Waals surface area contributed by atoms with Crippen molar-refractivity contribution < 1.29 is 17.9 Å². The molecule has 0 fully saturated rings. The molecule has 0 heterocycles. The minimum Gasteiger partial charge on any atom is -0.367 e. The van der Waals surface area contributed by atoms with Gasteiger partial charge in [-0.3, -0.25) is 0 Å². The van der Waals surface area contributed by atoms with Crippen LogP contribution in [0.3, 0.4) is 0 Å². The molecule has 5 heteroatoms. The molecule has 0 bridgehead atoms. The van der Waals surface area contributed by atoms with Crippen LogP contribution in [0.2, 0.25) is 0 Å². The monoisotopic (exact) mass is 233 g/mol. The first-order chi connectivity index (χ1) is 7.36. The molecule has 0 aliphatic carbocycles. The van der Waals surface area contributed by atoms with Crippen molar-refractivity contribution in [3.05, 3.63) is 35.4 Å². The second-order valence-corrected chi connectivity index (χ2v) is 3.61. The summed E-state index contributed by atoms with van der Waals surface area (Å²) in [7, 11) is 1.04. The second kappa shape index (κ2) is 4.84. The van der Waals surface area contributed by atoms with E-state index in [1.165, 1.54) is 12.1 Å². The molecule has 2 atom stereocenters. The van der Waals surface area contributed by atoms with Gasteiger partial charge in [-0.2, -0.15) is 13.2 Å². The minimum atomic E-state index is -4.40. The largest absolute Gasteiger partial charge is 0.418 e. The highest BCUT2D eigenvalue weighted by Crippen LogP contribution is 2.35. The molecule has 1 rings (SSSR count). The van der Waals surface area contributed by atoms with Crippen LogP contribution in [-0.4, -0.2) is 13.3 Å². The number of hydrogen-bond acceptors (Lipinski definition) is 2. The van der Waals surface area contributed by atoms with Gasteiger partial charge in [0.15, 0.2) is 6.10 Å². The number of ether oxygens (including phenoxy) is 1. The molecule has 90 valence electrons. The fourth-order valence-electron chi connectivity index (χ4n) is 1.43. The molecule has 0 saturated carbocycles. The van der Waals surface area contributed by atoms with Gasteiger partial charge in [-0.15, -0.1) is 0 Å². The fourth-order valence-corrected chi connectivity index (χ4v) is 1.43. The smallest absolute Gasteiger partial charge is 0.367 e. The molecule has 2 N–H and O–H groups in total. The number of alkyl halides is 3. The minimum absolute atomic E-state index is 0.0828. The topological polar surface area (TPSA) is 35.2 Å². The number of methoxy groups -OCH3 is 1. The standard InChI is InChI=1S/C11H14F3NO/c1-7(15)8-3-5-9(6-4-8)10(16-2)11(12,13)14/h3-7,10H,15H2,1-2H3. The number of nitrogens with two attached hydrogens (primary N) is 1. The average molecular weight is 233 g/mol. The number of benzene rings is 1. The Balaban J connectivity index is 2.96. The predicted octanol–water partition coefficient (Wildman–Crippen LogP) is 2.96. The van der Waals surface area contributed by atoms with E-state index in [0.29, 0.717) is 0 Å². The highest BCUT2D eigenvalue weighted by atomic mass is 19.4. The highest BCUT2D eigenvalue weighted by molar-refractivity contribution is 5.26. The third-order valence-electron chi connectivity index (χ3n) is 2.30. The molecule has 0 aromatic heterocycles. The number of rotatable bonds is 3. The van der Waals surface area contributed by atoms with E-state index in [2.05, 4.69) is 4.74 Å².